The van der Waals surface area contributed by atoms with Gasteiger partial charge in [0.2, 0.25) is 0 Å². The Kier molecular flexibility index (Phi) is 3.38. The van der Waals surface area contributed by atoms with Gasteiger partial charge in [-0.15, -0.1) is 11.3 Å². The number of carbonyl (C=O) groups excluding carboxylic acids is 1. The van der Waals surface area contributed by atoms with Crippen molar-refractivity contribution in [3.8, 4) is 0 Å². The van der Waals surface area contributed by atoms with Crippen LogP contribution in [0.4, 0.5) is 0 Å². The molecule has 1 aromatic heterocycles. The standard InChI is InChI=1S/C14H15NOS/c1-9-5-4-6-10(2)14(9)12(16)7-13-15-11(3)8-17-13/h4-6,8H,7H2,1-3H3. The maximum atomic E-state index is 12.2. The van der Waals surface area contributed by atoms with Gasteiger partial charge in [0.25, 0.3) is 0 Å². The molecule has 17 heavy (non-hydrogen) atoms. The molecule has 88 valence electrons. The Morgan fingerprint density at radius 2 is 1.88 bits per heavy atom. The first-order chi connectivity index (χ1) is 8.08. The molecule has 2 aromatic rings. The van der Waals surface area contributed by atoms with E-state index in [2.05, 4.69) is 4.98 Å². The number of nitrogens with zero attached hydrogens (tertiary/aromatic N) is 1. The minimum absolute atomic E-state index is 0.162. The fraction of sp³-hybridized carbons (Fsp3) is 0.286. The van der Waals surface area contributed by atoms with Crippen LogP contribution in [0.1, 0.15) is 32.2 Å². The molecule has 0 aliphatic heterocycles. The van der Waals surface area contributed by atoms with Crippen molar-refractivity contribution in [3.63, 3.8) is 0 Å². The van der Waals surface area contributed by atoms with Gasteiger partial charge in [-0.25, -0.2) is 4.98 Å². The molecule has 0 amide bonds. The SMILES string of the molecule is Cc1csc(CC(=O)c2c(C)cccc2C)n1. The first-order valence-electron chi connectivity index (χ1n) is 5.58. The van der Waals surface area contributed by atoms with E-state index in [0.29, 0.717) is 6.42 Å². The van der Waals surface area contributed by atoms with Gasteiger partial charge < -0.3 is 0 Å². The fourth-order valence-electron chi connectivity index (χ4n) is 1.96. The summed E-state index contributed by atoms with van der Waals surface area (Å²) < 4.78 is 0. The van der Waals surface area contributed by atoms with Crippen LogP contribution in [0.25, 0.3) is 0 Å². The highest BCUT2D eigenvalue weighted by atomic mass is 32.1. The summed E-state index contributed by atoms with van der Waals surface area (Å²) in [4.78, 5) is 16.6. The highest BCUT2D eigenvalue weighted by Gasteiger charge is 2.13. The number of hydrogen-bond donors (Lipinski definition) is 0. The average Bonchev–Trinajstić information content (AvgIpc) is 2.63. The zero-order chi connectivity index (χ0) is 12.4. The quantitative estimate of drug-likeness (QED) is 0.775. The monoisotopic (exact) mass is 245 g/mol. The lowest BCUT2D eigenvalue weighted by atomic mass is 9.98. The first kappa shape index (κ1) is 12.0. The topological polar surface area (TPSA) is 30.0 Å². The van der Waals surface area contributed by atoms with Crippen molar-refractivity contribution >= 4 is 17.1 Å². The summed E-state index contributed by atoms with van der Waals surface area (Å²) in [7, 11) is 0. The van der Waals surface area contributed by atoms with Crippen molar-refractivity contribution in [2.75, 3.05) is 0 Å². The third-order valence-electron chi connectivity index (χ3n) is 2.74. The van der Waals surface area contributed by atoms with Crippen LogP contribution in [0.2, 0.25) is 0 Å². The number of aryl methyl sites for hydroxylation is 3. The van der Waals surface area contributed by atoms with Crippen LogP contribution in [0.3, 0.4) is 0 Å². The lowest BCUT2D eigenvalue weighted by molar-refractivity contribution is 0.0992. The van der Waals surface area contributed by atoms with E-state index >= 15 is 0 Å². The number of carbonyl (C=O) groups is 1. The molecule has 0 saturated heterocycles. The number of thiazole rings is 1. The third kappa shape index (κ3) is 2.61. The Hall–Kier alpha value is -1.48. The molecule has 0 fully saturated rings. The number of hydrogen-bond acceptors (Lipinski definition) is 3. The van der Waals surface area contributed by atoms with E-state index in [-0.39, 0.29) is 5.78 Å². The maximum absolute atomic E-state index is 12.2. The van der Waals surface area contributed by atoms with E-state index in [1.54, 1.807) is 11.3 Å². The number of benzene rings is 1. The molecule has 0 radical (unpaired) electrons. The van der Waals surface area contributed by atoms with Gasteiger partial charge in [-0.1, -0.05) is 18.2 Å². The molecular weight excluding hydrogens is 230 g/mol. The van der Waals surface area contributed by atoms with E-state index in [9.17, 15) is 4.79 Å². The molecular formula is C14H15NOS. The van der Waals surface area contributed by atoms with Crippen molar-refractivity contribution < 1.29 is 4.79 Å². The Morgan fingerprint density at radius 1 is 1.24 bits per heavy atom. The van der Waals surface area contributed by atoms with E-state index in [4.69, 9.17) is 0 Å². The number of rotatable bonds is 3. The van der Waals surface area contributed by atoms with Crippen molar-refractivity contribution in [2.24, 2.45) is 0 Å². The minimum Gasteiger partial charge on any atom is -0.294 e. The van der Waals surface area contributed by atoms with Crippen molar-refractivity contribution in [1.82, 2.24) is 4.98 Å². The molecule has 3 heteroatoms. The number of Topliss-reactive ketones (excluding diaryl/α,β-unsaturated/α-hetero) is 1. The highest BCUT2D eigenvalue weighted by molar-refractivity contribution is 7.09. The van der Waals surface area contributed by atoms with E-state index in [1.165, 1.54) is 0 Å². The predicted octanol–water partition coefficient (Wildman–Crippen LogP) is 3.49. The molecule has 0 aliphatic carbocycles. The van der Waals surface area contributed by atoms with Crippen LogP contribution in [0.15, 0.2) is 23.6 Å². The molecule has 0 saturated carbocycles. The highest BCUT2D eigenvalue weighted by Crippen LogP contribution is 2.18. The summed E-state index contributed by atoms with van der Waals surface area (Å²) >= 11 is 1.55. The molecule has 0 spiro atoms. The van der Waals surface area contributed by atoms with Gasteiger partial charge >= 0.3 is 0 Å². The van der Waals surface area contributed by atoms with Crippen LogP contribution >= 0.6 is 11.3 Å². The summed E-state index contributed by atoms with van der Waals surface area (Å²) in [5.41, 5.74) is 3.92. The van der Waals surface area contributed by atoms with Crippen molar-refractivity contribution in [1.29, 1.82) is 0 Å². The molecule has 0 bridgehead atoms. The van der Waals surface area contributed by atoms with Gasteiger partial charge in [0.1, 0.15) is 5.01 Å². The molecule has 0 aliphatic rings. The zero-order valence-electron chi connectivity index (χ0n) is 10.3. The zero-order valence-corrected chi connectivity index (χ0v) is 11.1. The largest absolute Gasteiger partial charge is 0.294 e. The predicted molar refractivity (Wildman–Crippen MR) is 70.8 cm³/mol. The van der Waals surface area contributed by atoms with Gasteiger partial charge in [0.15, 0.2) is 5.78 Å². The van der Waals surface area contributed by atoms with Crippen molar-refractivity contribution in [2.45, 2.75) is 27.2 Å². The lowest BCUT2D eigenvalue weighted by Crippen LogP contribution is -2.07. The first-order valence-corrected chi connectivity index (χ1v) is 6.46. The molecule has 1 heterocycles. The summed E-state index contributed by atoms with van der Waals surface area (Å²) in [6, 6.07) is 5.94. The van der Waals surface area contributed by atoms with Crippen LogP contribution < -0.4 is 0 Å². The van der Waals surface area contributed by atoms with Gasteiger partial charge in [0, 0.05) is 16.6 Å². The summed E-state index contributed by atoms with van der Waals surface area (Å²) in [6.07, 6.45) is 0.407. The van der Waals surface area contributed by atoms with Crippen LogP contribution in [-0.4, -0.2) is 10.8 Å². The van der Waals surface area contributed by atoms with Crippen LogP contribution in [-0.2, 0) is 6.42 Å². The van der Waals surface area contributed by atoms with Gasteiger partial charge in [-0.2, -0.15) is 0 Å². The van der Waals surface area contributed by atoms with E-state index < -0.39 is 0 Å². The average molecular weight is 245 g/mol. The molecule has 0 atom stereocenters. The second kappa shape index (κ2) is 4.80. The molecule has 0 unspecified atom stereocenters. The molecule has 2 rings (SSSR count). The second-order valence-electron chi connectivity index (χ2n) is 4.25. The second-order valence-corrected chi connectivity index (χ2v) is 5.19. The Labute approximate surface area is 105 Å². The third-order valence-corrected chi connectivity index (χ3v) is 3.70. The Bertz CT molecular complexity index is 537. The van der Waals surface area contributed by atoms with E-state index in [0.717, 1.165) is 27.4 Å². The van der Waals surface area contributed by atoms with Gasteiger partial charge in [0.05, 0.1) is 6.42 Å². The van der Waals surface area contributed by atoms with Crippen LogP contribution in [0.5, 0.6) is 0 Å². The molecule has 2 nitrogen and oxygen atoms in total. The van der Waals surface area contributed by atoms with Gasteiger partial charge in [-0.05, 0) is 31.9 Å². The fourth-order valence-corrected chi connectivity index (χ4v) is 2.73. The molecule has 1 aromatic carbocycles. The summed E-state index contributed by atoms with van der Waals surface area (Å²) in [5, 5.41) is 2.88. The summed E-state index contributed by atoms with van der Waals surface area (Å²) in [5.74, 6) is 0.162. The Balaban J connectivity index is 2.26. The number of ketones is 1. The minimum atomic E-state index is 0.162. The smallest absolute Gasteiger partial charge is 0.170 e. The maximum Gasteiger partial charge on any atom is 0.170 e. The van der Waals surface area contributed by atoms with E-state index in [1.807, 2.05) is 44.4 Å². The summed E-state index contributed by atoms with van der Waals surface area (Å²) in [6.45, 7) is 5.91. The lowest BCUT2D eigenvalue weighted by Gasteiger charge is -2.07. The van der Waals surface area contributed by atoms with Crippen LogP contribution in [0, 0.1) is 20.8 Å². The molecule has 0 N–H and O–H groups in total. The van der Waals surface area contributed by atoms with Gasteiger partial charge in [-0.3, -0.25) is 4.79 Å². The Morgan fingerprint density at radius 3 is 2.41 bits per heavy atom. The van der Waals surface area contributed by atoms with Crippen molar-refractivity contribution in [3.05, 3.63) is 51.0 Å². The normalized spacial score (nSPS) is 10.5. The number of aromatic nitrogens is 1.